The number of benzene rings is 2. The summed E-state index contributed by atoms with van der Waals surface area (Å²) in [4.78, 5) is 82.2. The number of hydrogen-bond acceptors (Lipinski definition) is 8. The Morgan fingerprint density at radius 2 is 1.27 bits per heavy atom. The average molecular weight is 734 g/mol. The fourth-order valence-electron chi connectivity index (χ4n) is 5.94. The van der Waals surface area contributed by atoms with Crippen LogP contribution in [0.1, 0.15) is 70.7 Å². The third kappa shape index (κ3) is 12.6. The van der Waals surface area contributed by atoms with Crippen LogP contribution in [0.3, 0.4) is 0 Å². The molecule has 1 aromatic heterocycles. The molecule has 3 aromatic rings. The molecule has 1 aliphatic rings. The van der Waals surface area contributed by atoms with E-state index in [1.165, 1.54) is 0 Å². The topological polar surface area (TPSA) is 179 Å². The maximum Gasteiger partial charge on any atom is 0.304 e. The number of aromatic amines is 1. The van der Waals surface area contributed by atoms with Crippen molar-refractivity contribution in [2.75, 3.05) is 6.61 Å². The lowest BCUT2D eigenvalue weighted by molar-refractivity contribution is -0.135. The number of aryl methyl sites for hydroxylation is 1. The largest absolute Gasteiger partial charge is 0.361 e. The summed E-state index contributed by atoms with van der Waals surface area (Å²) in [5, 5.41) is 13.0. The number of Topliss-reactive ketones (excluding diaryl/α,β-unsaturated/α-hetero) is 1. The van der Waals surface area contributed by atoms with Gasteiger partial charge in [-0.15, -0.1) is 0 Å². The van der Waals surface area contributed by atoms with E-state index < -0.39 is 53.4 Å². The van der Waals surface area contributed by atoms with Crippen molar-refractivity contribution in [3.8, 4) is 0 Å². The molecule has 0 spiro atoms. The number of ether oxygens (including phenoxy) is 1. The summed E-state index contributed by atoms with van der Waals surface area (Å²) in [6, 6.07) is 14.9. The monoisotopic (exact) mass is 733 g/mol. The van der Waals surface area contributed by atoms with E-state index in [2.05, 4.69) is 26.3 Å². The van der Waals surface area contributed by atoms with Crippen molar-refractivity contribution >= 4 is 40.7 Å². The molecule has 1 saturated heterocycles. The van der Waals surface area contributed by atoms with Gasteiger partial charge in [0.25, 0.3) is 0 Å². The van der Waals surface area contributed by atoms with Crippen molar-refractivity contribution in [3.63, 3.8) is 0 Å². The number of carbonyl (C=O) groups is 5. The van der Waals surface area contributed by atoms with Crippen LogP contribution in [0.25, 0.3) is 0 Å². The molecule has 12 nitrogen and oxygen atoms in total. The third-order valence-electron chi connectivity index (χ3n) is 8.83. The second-order valence-corrected chi connectivity index (χ2v) is 15.4. The normalized spacial score (nSPS) is 17.4. The van der Waals surface area contributed by atoms with Gasteiger partial charge in [-0.3, -0.25) is 28.8 Å². The first-order valence-electron chi connectivity index (χ1n) is 17.9. The number of amides is 4. The van der Waals surface area contributed by atoms with Crippen molar-refractivity contribution in [2.45, 2.75) is 103 Å². The zero-order chi connectivity index (χ0) is 37.8. The van der Waals surface area contributed by atoms with E-state index >= 15 is 0 Å². The molecule has 0 radical (unpaired) electrons. The van der Waals surface area contributed by atoms with Crippen molar-refractivity contribution < 1.29 is 28.7 Å². The lowest BCUT2D eigenvalue weighted by Gasteiger charge is -2.28. The second-order valence-electron chi connectivity index (χ2n) is 14.5. The minimum atomic E-state index is -1.06. The van der Waals surface area contributed by atoms with Crippen LogP contribution in [0.4, 0.5) is 0 Å². The van der Waals surface area contributed by atoms with Crippen molar-refractivity contribution in [3.05, 3.63) is 92.5 Å². The van der Waals surface area contributed by atoms with Gasteiger partial charge in [-0.05, 0) is 55.6 Å². The Hall–Kier alpha value is -4.62. The number of thiazole rings is 1. The van der Waals surface area contributed by atoms with Crippen molar-refractivity contribution in [1.82, 2.24) is 26.3 Å². The first-order chi connectivity index (χ1) is 24.7. The van der Waals surface area contributed by atoms with E-state index in [-0.39, 0.29) is 54.8 Å². The number of aromatic nitrogens is 1. The van der Waals surface area contributed by atoms with E-state index in [9.17, 15) is 28.8 Å². The van der Waals surface area contributed by atoms with Gasteiger partial charge in [-0.25, -0.2) is 0 Å². The lowest BCUT2D eigenvalue weighted by atomic mass is 9.93. The van der Waals surface area contributed by atoms with E-state index in [4.69, 9.17) is 4.74 Å². The number of epoxide rings is 1. The summed E-state index contributed by atoms with van der Waals surface area (Å²) in [6.07, 6.45) is 1.43. The maximum absolute atomic E-state index is 14.0. The van der Waals surface area contributed by atoms with E-state index in [1.807, 2.05) is 88.4 Å². The molecule has 13 heteroatoms. The molecule has 5 unspecified atom stereocenters. The maximum atomic E-state index is 14.0. The molecule has 280 valence electrons. The van der Waals surface area contributed by atoms with Gasteiger partial charge in [0, 0.05) is 17.5 Å². The summed E-state index contributed by atoms with van der Waals surface area (Å²) in [5.74, 6) is -2.21. The number of nitrogens with one attached hydrogen (secondary N) is 5. The minimum absolute atomic E-state index is 0.0162. The predicted molar refractivity (Wildman–Crippen MR) is 200 cm³/mol. The fraction of sp³-hybridized carbons (Fsp3) is 0.487. The minimum Gasteiger partial charge on any atom is -0.361 e. The Balaban J connectivity index is 1.53. The number of ketones is 1. The molecule has 4 rings (SSSR count). The fourth-order valence-corrected chi connectivity index (χ4v) is 6.53. The average Bonchev–Trinajstić information content (AvgIpc) is 3.73. The molecule has 4 amide bonds. The molecule has 2 aromatic carbocycles. The summed E-state index contributed by atoms with van der Waals surface area (Å²) in [6.45, 7) is 9.75. The van der Waals surface area contributed by atoms with Crippen LogP contribution >= 0.6 is 11.3 Å². The Kier molecular flexibility index (Phi) is 14.5. The van der Waals surface area contributed by atoms with Gasteiger partial charge in [0.1, 0.15) is 23.7 Å². The Labute approximate surface area is 308 Å². The smallest absolute Gasteiger partial charge is 0.304 e. The molecule has 52 heavy (non-hydrogen) atoms. The first kappa shape index (κ1) is 40.2. The number of H-pyrrole nitrogens is 1. The van der Waals surface area contributed by atoms with Gasteiger partial charge >= 0.3 is 4.87 Å². The summed E-state index contributed by atoms with van der Waals surface area (Å²) in [7, 11) is 0. The molecule has 0 aliphatic carbocycles. The van der Waals surface area contributed by atoms with Gasteiger partial charge in [0.2, 0.25) is 23.6 Å². The molecular formula is C39H51N5O7S. The Morgan fingerprint density at radius 3 is 1.83 bits per heavy atom. The number of rotatable bonds is 20. The third-order valence-corrected chi connectivity index (χ3v) is 9.55. The SMILES string of the molecule is CC(C)CC(NC(=O)C(CCc1ccccc1)NC(=O)Cc1csc(=O)[nH]1)C(=O)NC(Cc1ccccc1)C(=O)NC(CC(C)C)C(=O)C1(C)CO1. The van der Waals surface area contributed by atoms with Crippen LogP contribution in [-0.2, 0) is 48.0 Å². The standard InChI is InChI=1S/C39H51N5O7S/c1-24(2)18-30(34(46)39(5)23-51-39)42-37(49)32(20-27-14-10-7-11-15-27)44-36(48)31(19-25(3)4)43-35(47)29(17-16-26-12-8-6-9-13-26)41-33(45)21-28-22-52-38(50)40-28/h6-15,22,24-25,29-32H,16-21,23H2,1-5H3,(H,40,50)(H,41,45)(H,42,49)(H,43,47)(H,44,48). The quantitative estimate of drug-likeness (QED) is 0.111. The highest BCUT2D eigenvalue weighted by molar-refractivity contribution is 7.07. The zero-order valence-corrected chi connectivity index (χ0v) is 31.3. The van der Waals surface area contributed by atoms with E-state index in [1.54, 1.807) is 12.3 Å². The van der Waals surface area contributed by atoms with Gasteiger partial charge in [-0.2, -0.15) is 0 Å². The molecule has 5 atom stereocenters. The van der Waals surface area contributed by atoms with Crippen LogP contribution in [0.5, 0.6) is 0 Å². The summed E-state index contributed by atoms with van der Waals surface area (Å²) in [5.41, 5.74) is 1.27. The molecule has 1 aliphatic heterocycles. The summed E-state index contributed by atoms with van der Waals surface area (Å²) < 4.78 is 5.39. The zero-order valence-electron chi connectivity index (χ0n) is 30.5. The Morgan fingerprint density at radius 1 is 0.750 bits per heavy atom. The molecule has 0 saturated carbocycles. The highest BCUT2D eigenvalue weighted by Gasteiger charge is 2.50. The van der Waals surface area contributed by atoms with E-state index in [0.717, 1.165) is 22.5 Å². The lowest BCUT2D eigenvalue weighted by Crippen LogP contribution is -2.59. The van der Waals surface area contributed by atoms with Crippen molar-refractivity contribution in [1.29, 1.82) is 0 Å². The number of carbonyl (C=O) groups excluding carboxylic acids is 5. The Bertz CT molecular complexity index is 1720. The van der Waals surface area contributed by atoms with Gasteiger partial charge in [-0.1, -0.05) is 99.7 Å². The molecular weight excluding hydrogens is 683 g/mol. The summed E-state index contributed by atoms with van der Waals surface area (Å²) >= 11 is 0.948. The predicted octanol–water partition coefficient (Wildman–Crippen LogP) is 3.24. The first-order valence-corrected chi connectivity index (χ1v) is 18.7. The van der Waals surface area contributed by atoms with Crippen LogP contribution in [0.15, 0.2) is 70.8 Å². The van der Waals surface area contributed by atoms with Crippen LogP contribution in [0.2, 0.25) is 0 Å². The van der Waals surface area contributed by atoms with Crippen LogP contribution in [0, 0.1) is 11.8 Å². The van der Waals surface area contributed by atoms with Gasteiger partial charge < -0.3 is 31.0 Å². The number of hydrogen-bond donors (Lipinski definition) is 5. The van der Waals surface area contributed by atoms with E-state index in [0.29, 0.717) is 18.5 Å². The molecule has 2 heterocycles. The highest BCUT2D eigenvalue weighted by atomic mass is 32.1. The van der Waals surface area contributed by atoms with Crippen LogP contribution in [-0.4, -0.2) is 70.8 Å². The van der Waals surface area contributed by atoms with Crippen molar-refractivity contribution in [2.24, 2.45) is 11.8 Å². The molecule has 0 bridgehead atoms. The second kappa shape index (κ2) is 18.7. The van der Waals surface area contributed by atoms with Crippen LogP contribution < -0.4 is 26.1 Å². The molecule has 5 N–H and O–H groups in total. The highest BCUT2D eigenvalue weighted by Crippen LogP contribution is 2.29. The van der Waals surface area contributed by atoms with Gasteiger partial charge in [0.15, 0.2) is 5.78 Å². The molecule has 1 fully saturated rings. The van der Waals surface area contributed by atoms with Gasteiger partial charge in [0.05, 0.1) is 19.1 Å².